The van der Waals surface area contributed by atoms with Crippen LogP contribution in [0, 0.1) is 17.5 Å². The minimum atomic E-state index is -2.83. The van der Waals surface area contributed by atoms with Crippen molar-refractivity contribution in [3.63, 3.8) is 0 Å². The van der Waals surface area contributed by atoms with Gasteiger partial charge in [-0.25, -0.2) is 13.2 Å². The number of rotatable bonds is 6. The van der Waals surface area contributed by atoms with E-state index in [1.165, 1.54) is 12.1 Å². The van der Waals surface area contributed by atoms with Crippen LogP contribution in [0.1, 0.15) is 21.5 Å². The highest BCUT2D eigenvalue weighted by molar-refractivity contribution is 6.45. The van der Waals surface area contributed by atoms with Gasteiger partial charge in [-0.15, -0.1) is 0 Å². The molecule has 5 rings (SSSR count). The van der Waals surface area contributed by atoms with Crippen LogP contribution in [0.5, 0.6) is 0 Å². The molecule has 2 saturated heterocycles. The SMILES string of the molecule is O=C(C(=O)C(O)CO)c1ccc(F)cc1.O=C1C(O)COC1(O)c1ccc(F)cc1.OC1COC(O)(c2ccc(F)cc2)C1(O)O. The summed E-state index contributed by atoms with van der Waals surface area (Å²) >= 11 is 0. The van der Waals surface area contributed by atoms with Crippen molar-refractivity contribution in [1.82, 2.24) is 0 Å². The first-order valence-corrected chi connectivity index (χ1v) is 13.2. The van der Waals surface area contributed by atoms with Crippen molar-refractivity contribution in [1.29, 1.82) is 0 Å². The molecule has 2 heterocycles. The first-order chi connectivity index (χ1) is 21.5. The van der Waals surface area contributed by atoms with Crippen LogP contribution < -0.4 is 0 Å². The second kappa shape index (κ2) is 14.7. The number of halogens is 3. The molecular formula is C30H29F3O13. The summed E-state index contributed by atoms with van der Waals surface area (Å²) < 4.78 is 47.4. The van der Waals surface area contributed by atoms with Crippen molar-refractivity contribution in [2.75, 3.05) is 19.8 Å². The summed E-state index contributed by atoms with van der Waals surface area (Å²) in [5, 5.41) is 74.6. The van der Waals surface area contributed by atoms with Crippen LogP contribution in [-0.4, -0.2) is 102 Å². The van der Waals surface area contributed by atoms with Crippen molar-refractivity contribution >= 4 is 17.3 Å². The van der Waals surface area contributed by atoms with Crippen molar-refractivity contribution in [3.05, 3.63) is 107 Å². The molecule has 0 radical (unpaired) electrons. The smallest absolute Gasteiger partial charge is 0.256 e. The summed E-state index contributed by atoms with van der Waals surface area (Å²) in [6, 6.07) is 13.4. The average molecular weight is 655 g/mol. The van der Waals surface area contributed by atoms with Gasteiger partial charge >= 0.3 is 0 Å². The lowest BCUT2D eigenvalue weighted by Crippen LogP contribution is -2.54. The topological polar surface area (TPSA) is 232 Å². The third-order valence-electron chi connectivity index (χ3n) is 6.78. The Morgan fingerprint density at radius 2 is 1.22 bits per heavy atom. The molecule has 46 heavy (non-hydrogen) atoms. The minimum absolute atomic E-state index is 0.0195. The molecule has 0 saturated carbocycles. The fourth-order valence-corrected chi connectivity index (χ4v) is 4.07. The maximum Gasteiger partial charge on any atom is 0.256 e. The van der Waals surface area contributed by atoms with E-state index in [1.807, 2.05) is 0 Å². The molecule has 2 fully saturated rings. The summed E-state index contributed by atoms with van der Waals surface area (Å²) in [6.07, 6.45) is -4.69. The van der Waals surface area contributed by atoms with Crippen LogP contribution in [-0.2, 0) is 30.6 Å². The molecule has 16 heteroatoms. The van der Waals surface area contributed by atoms with Gasteiger partial charge in [0.1, 0.15) is 35.8 Å². The molecule has 2 aliphatic rings. The van der Waals surface area contributed by atoms with Crippen LogP contribution in [0.3, 0.4) is 0 Å². The zero-order chi connectivity index (χ0) is 34.4. The highest BCUT2D eigenvalue weighted by atomic mass is 19.1. The van der Waals surface area contributed by atoms with E-state index < -0.39 is 83.7 Å². The van der Waals surface area contributed by atoms with Crippen LogP contribution in [0.15, 0.2) is 72.8 Å². The maximum absolute atomic E-state index is 12.7. The van der Waals surface area contributed by atoms with Gasteiger partial charge in [-0.2, -0.15) is 0 Å². The van der Waals surface area contributed by atoms with Crippen molar-refractivity contribution in [3.8, 4) is 0 Å². The van der Waals surface area contributed by atoms with Gasteiger partial charge in [-0.3, -0.25) is 14.4 Å². The molecule has 8 N–H and O–H groups in total. The Hall–Kier alpha value is -3.94. The van der Waals surface area contributed by atoms with E-state index in [0.29, 0.717) is 0 Å². The Balaban J connectivity index is 0.000000188. The summed E-state index contributed by atoms with van der Waals surface area (Å²) in [5.74, 6) is -11.9. The highest BCUT2D eigenvalue weighted by Gasteiger charge is 2.61. The first kappa shape index (κ1) is 36.5. The van der Waals surface area contributed by atoms with Crippen molar-refractivity contribution in [2.24, 2.45) is 0 Å². The van der Waals surface area contributed by atoms with E-state index in [2.05, 4.69) is 0 Å². The number of ketones is 3. The summed E-state index contributed by atoms with van der Waals surface area (Å²) in [6.45, 7) is -1.50. The van der Waals surface area contributed by atoms with E-state index in [0.717, 1.165) is 60.7 Å². The zero-order valence-corrected chi connectivity index (χ0v) is 23.5. The number of hydrogen-bond acceptors (Lipinski definition) is 13. The number of ether oxygens (including phenoxy) is 2. The molecule has 13 nitrogen and oxygen atoms in total. The number of aliphatic hydroxyl groups excluding tert-OH is 4. The normalized spacial score (nSPS) is 25.5. The minimum Gasteiger partial charge on any atom is -0.393 e. The largest absolute Gasteiger partial charge is 0.393 e. The standard InChI is InChI=1S/C10H11FO5.2C10H9FO4/c11-7-3-1-6(2-4-7)10(15)9(13,14)8(12)5-16-10;11-7-3-1-6(2-4-7)10(14)9(13)8(12)5-15-10;11-7-3-1-6(2-4-7)9(14)10(15)8(13)5-12/h1-4,8,12-15H,5H2;1-4,8,12,14H,5H2;1-4,8,12-13H,5H2. The molecule has 0 amide bonds. The van der Waals surface area contributed by atoms with Gasteiger partial charge in [0.25, 0.3) is 17.4 Å². The zero-order valence-electron chi connectivity index (χ0n) is 23.5. The summed E-state index contributed by atoms with van der Waals surface area (Å²) in [7, 11) is 0. The van der Waals surface area contributed by atoms with Gasteiger partial charge in [0.05, 0.1) is 19.8 Å². The van der Waals surface area contributed by atoms with E-state index in [4.69, 9.17) is 24.8 Å². The summed E-state index contributed by atoms with van der Waals surface area (Å²) in [5.41, 5.74) is 0.0507. The maximum atomic E-state index is 12.7. The number of carbonyl (C=O) groups excluding carboxylic acids is 3. The summed E-state index contributed by atoms with van der Waals surface area (Å²) in [4.78, 5) is 33.8. The molecular weight excluding hydrogens is 625 g/mol. The Bertz CT molecular complexity index is 1520. The fourth-order valence-electron chi connectivity index (χ4n) is 4.07. The lowest BCUT2D eigenvalue weighted by Gasteiger charge is -2.33. The van der Waals surface area contributed by atoms with Crippen LogP contribution in [0.2, 0.25) is 0 Å². The number of carbonyl (C=O) groups is 3. The lowest BCUT2D eigenvalue weighted by atomic mass is 9.95. The van der Waals surface area contributed by atoms with Crippen molar-refractivity contribution in [2.45, 2.75) is 35.7 Å². The fraction of sp³-hybridized carbons (Fsp3) is 0.300. The van der Waals surface area contributed by atoms with Gasteiger partial charge in [0.2, 0.25) is 17.3 Å². The molecule has 3 aromatic carbocycles. The van der Waals surface area contributed by atoms with E-state index in [9.17, 15) is 53.1 Å². The number of aliphatic hydroxyl groups is 8. The van der Waals surface area contributed by atoms with Gasteiger partial charge in [-0.05, 0) is 48.5 Å². The Kier molecular flexibility index (Phi) is 11.6. The van der Waals surface area contributed by atoms with Gasteiger partial charge in [0, 0.05) is 16.7 Å². The Labute approximate surface area is 257 Å². The molecule has 0 spiro atoms. The molecule has 0 bridgehead atoms. The van der Waals surface area contributed by atoms with Gasteiger partial charge < -0.3 is 50.3 Å². The van der Waals surface area contributed by atoms with Crippen LogP contribution in [0.4, 0.5) is 13.2 Å². The second-order valence-electron chi connectivity index (χ2n) is 9.94. The van der Waals surface area contributed by atoms with E-state index in [1.54, 1.807) is 0 Å². The van der Waals surface area contributed by atoms with E-state index in [-0.39, 0.29) is 23.3 Å². The quantitative estimate of drug-likeness (QED) is 0.0898. The van der Waals surface area contributed by atoms with E-state index >= 15 is 0 Å². The van der Waals surface area contributed by atoms with Crippen LogP contribution >= 0.6 is 0 Å². The Morgan fingerprint density at radius 1 is 0.761 bits per heavy atom. The highest BCUT2D eigenvalue weighted by Crippen LogP contribution is 2.40. The monoisotopic (exact) mass is 654 g/mol. The van der Waals surface area contributed by atoms with Crippen molar-refractivity contribution < 1.29 is 77.9 Å². The van der Waals surface area contributed by atoms with Gasteiger partial charge in [0.15, 0.2) is 0 Å². The number of hydrogen-bond donors (Lipinski definition) is 8. The number of benzene rings is 3. The number of Topliss-reactive ketones (excluding diaryl/α,β-unsaturated/α-hetero) is 3. The molecule has 3 aromatic rings. The molecule has 0 aromatic heterocycles. The predicted molar refractivity (Wildman–Crippen MR) is 146 cm³/mol. The third-order valence-corrected chi connectivity index (χ3v) is 6.78. The molecule has 5 unspecified atom stereocenters. The molecule has 2 aliphatic heterocycles. The molecule has 5 atom stereocenters. The molecule has 0 aliphatic carbocycles. The third kappa shape index (κ3) is 7.71. The lowest BCUT2D eigenvalue weighted by molar-refractivity contribution is -0.352. The average Bonchev–Trinajstić information content (AvgIpc) is 3.43. The molecule has 248 valence electrons. The predicted octanol–water partition coefficient (Wildman–Crippen LogP) is -1.10. The second-order valence-corrected chi connectivity index (χ2v) is 9.94. The Morgan fingerprint density at radius 3 is 1.61 bits per heavy atom. The van der Waals surface area contributed by atoms with Crippen LogP contribution in [0.25, 0.3) is 0 Å². The first-order valence-electron chi connectivity index (χ1n) is 13.2. The van der Waals surface area contributed by atoms with Gasteiger partial charge in [-0.1, -0.05) is 24.3 Å².